The van der Waals surface area contributed by atoms with E-state index >= 15 is 0 Å². The van der Waals surface area contributed by atoms with Gasteiger partial charge in [-0.15, -0.1) is 0 Å². The molecule has 0 fully saturated rings. The number of rotatable bonds is 2. The molecule has 0 amide bonds. The second kappa shape index (κ2) is 5.44. The second-order valence-corrected chi connectivity index (χ2v) is 5.62. The number of thioether (sulfide) groups is 1. The average molecular weight is 308 g/mol. The quantitative estimate of drug-likeness (QED) is 0.889. The number of nitrogens with one attached hydrogen (secondary N) is 1. The first-order valence-corrected chi connectivity index (χ1v) is 7.14. The molecule has 21 heavy (non-hydrogen) atoms. The van der Waals surface area contributed by atoms with Crippen molar-refractivity contribution in [2.75, 3.05) is 0 Å². The lowest BCUT2D eigenvalue weighted by Gasteiger charge is -2.11. The van der Waals surface area contributed by atoms with Crippen LogP contribution in [0.15, 0.2) is 59.7 Å². The van der Waals surface area contributed by atoms with Crippen molar-refractivity contribution in [2.45, 2.75) is 11.6 Å². The Morgan fingerprint density at radius 1 is 0.952 bits per heavy atom. The predicted molar refractivity (Wildman–Crippen MR) is 77.9 cm³/mol. The Bertz CT molecular complexity index is 651. The number of alkyl halides is 3. The van der Waals surface area contributed by atoms with E-state index in [4.69, 9.17) is 0 Å². The summed E-state index contributed by atoms with van der Waals surface area (Å²) in [7, 11) is 0. The fourth-order valence-corrected chi connectivity index (χ4v) is 2.98. The van der Waals surface area contributed by atoms with Gasteiger partial charge in [0, 0.05) is 5.56 Å². The van der Waals surface area contributed by atoms with Crippen LogP contribution in [0.1, 0.15) is 22.1 Å². The smallest absolute Gasteiger partial charge is 0.291 e. The molecule has 0 radical (unpaired) electrons. The third kappa shape index (κ3) is 3.05. The molecule has 0 unspecified atom stereocenters. The van der Waals surface area contributed by atoms with E-state index in [1.54, 1.807) is 0 Å². The highest BCUT2D eigenvalue weighted by atomic mass is 32.2. The molecular formula is C15H11F3N2S. The normalized spacial score (nSPS) is 18.2. The maximum Gasteiger partial charge on any atom is 0.416 e. The third-order valence-electron chi connectivity index (χ3n) is 3.07. The van der Waals surface area contributed by atoms with Crippen LogP contribution in [0.4, 0.5) is 13.2 Å². The summed E-state index contributed by atoms with van der Waals surface area (Å²) in [6.45, 7) is 0. The first-order chi connectivity index (χ1) is 10.0. The van der Waals surface area contributed by atoms with E-state index in [1.165, 1.54) is 23.9 Å². The number of nitrogens with zero attached hydrogens (tertiary/aromatic N) is 1. The van der Waals surface area contributed by atoms with E-state index in [2.05, 4.69) is 10.5 Å². The largest absolute Gasteiger partial charge is 0.416 e. The van der Waals surface area contributed by atoms with Gasteiger partial charge in [-0.3, -0.25) is 5.43 Å². The van der Waals surface area contributed by atoms with Crippen molar-refractivity contribution in [1.29, 1.82) is 0 Å². The zero-order valence-electron chi connectivity index (χ0n) is 10.8. The molecule has 0 spiro atoms. The molecule has 0 bridgehead atoms. The van der Waals surface area contributed by atoms with Crippen molar-refractivity contribution in [3.8, 4) is 0 Å². The number of benzene rings is 2. The van der Waals surface area contributed by atoms with E-state index in [1.807, 2.05) is 30.3 Å². The standard InChI is InChI=1S/C15H11F3N2S/c16-15(17,18)12-8-6-11(7-9-12)14-20-19-13(21-14)10-4-2-1-3-5-10/h1-9,14,20H/t14-/m0/s1. The first-order valence-electron chi connectivity index (χ1n) is 6.26. The van der Waals surface area contributed by atoms with Gasteiger partial charge < -0.3 is 0 Å². The van der Waals surface area contributed by atoms with Gasteiger partial charge in [-0.05, 0) is 17.7 Å². The van der Waals surface area contributed by atoms with Gasteiger partial charge in [0.05, 0.1) is 5.56 Å². The zero-order chi connectivity index (χ0) is 14.9. The van der Waals surface area contributed by atoms with Gasteiger partial charge in [0.15, 0.2) is 0 Å². The van der Waals surface area contributed by atoms with Crippen molar-refractivity contribution < 1.29 is 13.2 Å². The molecule has 1 N–H and O–H groups in total. The molecule has 0 aromatic heterocycles. The predicted octanol–water partition coefficient (Wildman–Crippen LogP) is 4.40. The van der Waals surface area contributed by atoms with Crippen LogP contribution in [0, 0.1) is 0 Å². The van der Waals surface area contributed by atoms with Crippen LogP contribution in [-0.4, -0.2) is 5.04 Å². The fourth-order valence-electron chi connectivity index (χ4n) is 1.98. The van der Waals surface area contributed by atoms with E-state index < -0.39 is 11.7 Å². The SMILES string of the molecule is FC(F)(F)c1ccc([C@H]2NN=C(c3ccccc3)S2)cc1. The molecule has 108 valence electrons. The van der Waals surface area contributed by atoms with E-state index in [0.29, 0.717) is 0 Å². The molecule has 2 aromatic rings. The summed E-state index contributed by atoms with van der Waals surface area (Å²) in [5.74, 6) is 0. The van der Waals surface area contributed by atoms with Gasteiger partial charge in [0.25, 0.3) is 0 Å². The zero-order valence-corrected chi connectivity index (χ0v) is 11.6. The maximum absolute atomic E-state index is 12.5. The molecule has 1 atom stereocenters. The van der Waals surface area contributed by atoms with Gasteiger partial charge in [-0.1, -0.05) is 54.2 Å². The Kier molecular flexibility index (Phi) is 3.63. The molecule has 3 rings (SSSR count). The number of hydrazone groups is 1. The second-order valence-electron chi connectivity index (χ2n) is 4.53. The van der Waals surface area contributed by atoms with E-state index in [9.17, 15) is 13.2 Å². The van der Waals surface area contributed by atoms with Crippen molar-refractivity contribution in [3.05, 3.63) is 71.3 Å². The lowest BCUT2D eigenvalue weighted by Crippen LogP contribution is -2.08. The van der Waals surface area contributed by atoms with Gasteiger partial charge in [-0.25, -0.2) is 0 Å². The minimum atomic E-state index is -4.31. The lowest BCUT2D eigenvalue weighted by atomic mass is 10.1. The molecule has 6 heteroatoms. The molecule has 0 saturated heterocycles. The average Bonchev–Trinajstić information content (AvgIpc) is 2.97. The molecule has 1 aliphatic heterocycles. The summed E-state index contributed by atoms with van der Waals surface area (Å²) in [5.41, 5.74) is 4.07. The van der Waals surface area contributed by atoms with Crippen molar-refractivity contribution >= 4 is 16.8 Å². The maximum atomic E-state index is 12.5. The summed E-state index contributed by atoms with van der Waals surface area (Å²) in [5, 5.41) is 4.91. The Labute approximate surface area is 124 Å². The van der Waals surface area contributed by atoms with Crippen molar-refractivity contribution in [2.24, 2.45) is 5.10 Å². The molecule has 2 aromatic carbocycles. The highest BCUT2D eigenvalue weighted by Gasteiger charge is 2.30. The van der Waals surface area contributed by atoms with Gasteiger partial charge in [0.1, 0.15) is 10.4 Å². The van der Waals surface area contributed by atoms with Crippen LogP contribution < -0.4 is 5.43 Å². The summed E-state index contributed by atoms with van der Waals surface area (Å²) < 4.78 is 37.6. The fraction of sp³-hybridized carbons (Fsp3) is 0.133. The van der Waals surface area contributed by atoms with Gasteiger partial charge in [-0.2, -0.15) is 18.3 Å². The molecule has 0 aliphatic carbocycles. The van der Waals surface area contributed by atoms with Crippen LogP contribution in [0.5, 0.6) is 0 Å². The molecule has 1 aliphatic rings. The molecule has 0 saturated carbocycles. The van der Waals surface area contributed by atoms with Gasteiger partial charge >= 0.3 is 6.18 Å². The molecular weight excluding hydrogens is 297 g/mol. The minimum Gasteiger partial charge on any atom is -0.291 e. The third-order valence-corrected chi connectivity index (χ3v) is 4.24. The highest BCUT2D eigenvalue weighted by Crippen LogP contribution is 2.36. The first kappa shape index (κ1) is 14.0. The Morgan fingerprint density at radius 2 is 1.62 bits per heavy atom. The summed E-state index contributed by atoms with van der Waals surface area (Å²) in [4.78, 5) is 0. The number of hydrogen-bond donors (Lipinski definition) is 1. The topological polar surface area (TPSA) is 24.4 Å². The Hall–Kier alpha value is -1.95. The van der Waals surface area contributed by atoms with Crippen LogP contribution >= 0.6 is 11.8 Å². The summed E-state index contributed by atoms with van der Waals surface area (Å²) in [6.07, 6.45) is -4.31. The minimum absolute atomic E-state index is 0.164. The molecule has 2 nitrogen and oxygen atoms in total. The molecule has 1 heterocycles. The monoisotopic (exact) mass is 308 g/mol. The van der Waals surface area contributed by atoms with Crippen LogP contribution in [0.2, 0.25) is 0 Å². The highest BCUT2D eigenvalue weighted by molar-refractivity contribution is 8.14. The summed E-state index contributed by atoms with van der Waals surface area (Å²) >= 11 is 1.49. The lowest BCUT2D eigenvalue weighted by molar-refractivity contribution is -0.137. The van der Waals surface area contributed by atoms with Crippen molar-refractivity contribution in [1.82, 2.24) is 5.43 Å². The van der Waals surface area contributed by atoms with Crippen LogP contribution in [-0.2, 0) is 6.18 Å². The van der Waals surface area contributed by atoms with Crippen molar-refractivity contribution in [3.63, 3.8) is 0 Å². The van der Waals surface area contributed by atoms with E-state index in [-0.39, 0.29) is 5.37 Å². The summed E-state index contributed by atoms with van der Waals surface area (Å²) in [6, 6.07) is 14.8. The number of halogens is 3. The van der Waals surface area contributed by atoms with E-state index in [0.717, 1.165) is 28.3 Å². The Morgan fingerprint density at radius 3 is 2.24 bits per heavy atom. The number of hydrogen-bond acceptors (Lipinski definition) is 3. The van der Waals surface area contributed by atoms with Crippen LogP contribution in [0.25, 0.3) is 0 Å². The van der Waals surface area contributed by atoms with Crippen LogP contribution in [0.3, 0.4) is 0 Å². The van der Waals surface area contributed by atoms with Gasteiger partial charge in [0.2, 0.25) is 0 Å². The Balaban J connectivity index is 1.73.